The Morgan fingerprint density at radius 1 is 1.12 bits per heavy atom. The van der Waals surface area contributed by atoms with E-state index in [1.165, 1.54) is 0 Å². The Bertz CT molecular complexity index is 1030. The lowest BCUT2D eigenvalue weighted by molar-refractivity contribution is -0.122. The molecule has 2 aromatic rings. The summed E-state index contributed by atoms with van der Waals surface area (Å²) in [6.07, 6.45) is 0.822. The molecule has 1 aliphatic rings. The minimum atomic E-state index is -0.198. The summed E-state index contributed by atoms with van der Waals surface area (Å²) >= 11 is 0. The number of ketones is 1. The number of rotatable bonds is 11. The Hall–Kier alpha value is -3.39. The second-order valence-electron chi connectivity index (χ2n) is 8.81. The predicted molar refractivity (Wildman–Crippen MR) is 131 cm³/mol. The fourth-order valence-corrected chi connectivity index (χ4v) is 3.77. The number of nitrogens with zero attached hydrogens (tertiary/aromatic N) is 2. The van der Waals surface area contributed by atoms with Gasteiger partial charge >= 0.3 is 0 Å². The molecule has 0 unspecified atom stereocenters. The summed E-state index contributed by atoms with van der Waals surface area (Å²) in [4.78, 5) is 40.9. The van der Waals surface area contributed by atoms with Gasteiger partial charge < -0.3 is 24.6 Å². The van der Waals surface area contributed by atoms with E-state index < -0.39 is 0 Å². The maximum absolute atomic E-state index is 12.8. The second-order valence-corrected chi connectivity index (χ2v) is 8.81. The van der Waals surface area contributed by atoms with Gasteiger partial charge in [0.05, 0.1) is 5.69 Å². The lowest BCUT2D eigenvalue weighted by Crippen LogP contribution is -2.40. The van der Waals surface area contributed by atoms with Crippen molar-refractivity contribution in [3.8, 4) is 11.5 Å². The Balaban J connectivity index is 1.61. The van der Waals surface area contributed by atoms with E-state index in [1.54, 1.807) is 23.1 Å². The van der Waals surface area contributed by atoms with Crippen molar-refractivity contribution in [1.82, 2.24) is 10.2 Å². The van der Waals surface area contributed by atoms with Crippen LogP contribution in [0.3, 0.4) is 0 Å². The first kappa shape index (κ1) is 25.2. The lowest BCUT2D eigenvalue weighted by atomic mass is 10.1. The number of carbonyl (C=O) groups excluding carboxylic acids is 3. The van der Waals surface area contributed by atoms with Crippen LogP contribution < -0.4 is 19.7 Å². The van der Waals surface area contributed by atoms with Crippen molar-refractivity contribution in [2.45, 2.75) is 26.7 Å². The molecule has 0 fully saturated rings. The van der Waals surface area contributed by atoms with Crippen molar-refractivity contribution in [1.29, 1.82) is 0 Å². The molecule has 0 saturated carbocycles. The highest BCUT2D eigenvalue weighted by Gasteiger charge is 2.26. The highest BCUT2D eigenvalue weighted by molar-refractivity contribution is 6.02. The summed E-state index contributed by atoms with van der Waals surface area (Å²) in [6.45, 7) is 5.50. The van der Waals surface area contributed by atoms with Crippen LogP contribution in [0.25, 0.3) is 0 Å². The van der Waals surface area contributed by atoms with Gasteiger partial charge in [0.1, 0.15) is 11.5 Å². The molecule has 34 heavy (non-hydrogen) atoms. The average Bonchev–Trinajstić information content (AvgIpc) is 2.77. The van der Waals surface area contributed by atoms with Crippen LogP contribution in [0, 0.1) is 13.8 Å². The molecular formula is C26H33N3O5. The third kappa shape index (κ3) is 7.05. The Morgan fingerprint density at radius 3 is 2.56 bits per heavy atom. The van der Waals surface area contributed by atoms with Gasteiger partial charge in [0, 0.05) is 31.6 Å². The van der Waals surface area contributed by atoms with E-state index in [9.17, 15) is 14.4 Å². The minimum absolute atomic E-state index is 0.0461. The molecule has 1 aliphatic heterocycles. The Kier molecular flexibility index (Phi) is 8.65. The highest BCUT2D eigenvalue weighted by Crippen LogP contribution is 2.33. The fourth-order valence-electron chi connectivity index (χ4n) is 3.77. The van der Waals surface area contributed by atoms with Gasteiger partial charge in [-0.05, 0) is 75.8 Å². The Morgan fingerprint density at radius 2 is 1.85 bits per heavy atom. The zero-order valence-electron chi connectivity index (χ0n) is 20.3. The van der Waals surface area contributed by atoms with Crippen molar-refractivity contribution in [2.75, 3.05) is 51.8 Å². The maximum atomic E-state index is 12.8. The number of fused-ring (bicyclic) bond motifs is 1. The van der Waals surface area contributed by atoms with Crippen LogP contribution in [0.5, 0.6) is 11.5 Å². The van der Waals surface area contributed by atoms with Crippen molar-refractivity contribution in [2.24, 2.45) is 0 Å². The number of nitrogens with one attached hydrogen (secondary N) is 1. The molecular weight excluding hydrogens is 434 g/mol. The quantitative estimate of drug-likeness (QED) is 0.512. The minimum Gasteiger partial charge on any atom is -0.485 e. The first-order valence-corrected chi connectivity index (χ1v) is 11.5. The van der Waals surface area contributed by atoms with Gasteiger partial charge in [0.25, 0.3) is 5.91 Å². The van der Waals surface area contributed by atoms with E-state index in [1.807, 2.05) is 51.0 Å². The van der Waals surface area contributed by atoms with E-state index >= 15 is 0 Å². The SMILES string of the molecule is Cc1cc(C)cc(OCC(=O)c2ccc3c(c2)N(CCCC(=O)NCCN(C)C)C(=O)CO3)c1. The van der Waals surface area contributed by atoms with Crippen LogP contribution >= 0.6 is 0 Å². The van der Waals surface area contributed by atoms with Crippen LogP contribution in [0.15, 0.2) is 36.4 Å². The van der Waals surface area contributed by atoms with Crippen molar-refractivity contribution >= 4 is 23.3 Å². The van der Waals surface area contributed by atoms with E-state index in [2.05, 4.69) is 5.32 Å². The van der Waals surface area contributed by atoms with E-state index in [0.29, 0.717) is 48.7 Å². The smallest absolute Gasteiger partial charge is 0.265 e. The first-order chi connectivity index (χ1) is 16.2. The number of ether oxygens (including phenoxy) is 2. The molecule has 1 N–H and O–H groups in total. The summed E-state index contributed by atoms with van der Waals surface area (Å²) in [5, 5.41) is 2.87. The van der Waals surface area contributed by atoms with E-state index in [-0.39, 0.29) is 30.8 Å². The molecule has 2 aromatic carbocycles. The van der Waals surface area contributed by atoms with Crippen LogP contribution in [-0.4, -0.2) is 69.4 Å². The first-order valence-electron chi connectivity index (χ1n) is 11.5. The van der Waals surface area contributed by atoms with E-state index in [0.717, 1.165) is 17.7 Å². The van der Waals surface area contributed by atoms with Gasteiger partial charge in [-0.1, -0.05) is 6.07 Å². The number of anilines is 1. The van der Waals surface area contributed by atoms with Gasteiger partial charge in [-0.25, -0.2) is 0 Å². The summed E-state index contributed by atoms with van der Waals surface area (Å²) in [6, 6.07) is 10.9. The summed E-state index contributed by atoms with van der Waals surface area (Å²) in [5.41, 5.74) is 3.11. The monoisotopic (exact) mass is 467 g/mol. The number of hydrogen-bond acceptors (Lipinski definition) is 6. The van der Waals surface area contributed by atoms with Crippen LogP contribution in [0.2, 0.25) is 0 Å². The molecule has 182 valence electrons. The van der Waals surface area contributed by atoms with E-state index in [4.69, 9.17) is 9.47 Å². The molecule has 0 bridgehead atoms. The summed E-state index contributed by atoms with van der Waals surface area (Å²) in [5.74, 6) is 0.752. The van der Waals surface area contributed by atoms with Gasteiger partial charge in [-0.3, -0.25) is 14.4 Å². The van der Waals surface area contributed by atoms with Crippen LogP contribution in [0.1, 0.15) is 34.3 Å². The van der Waals surface area contributed by atoms with Gasteiger partial charge in [0.2, 0.25) is 5.91 Å². The molecule has 0 spiro atoms. The normalized spacial score (nSPS) is 12.9. The average molecular weight is 468 g/mol. The Labute approximate surface area is 200 Å². The molecule has 1 heterocycles. The number of Topliss-reactive ketones (excluding diaryl/α,β-unsaturated/α-hetero) is 1. The van der Waals surface area contributed by atoms with Crippen molar-refractivity contribution in [3.63, 3.8) is 0 Å². The molecule has 0 aliphatic carbocycles. The number of hydrogen-bond donors (Lipinski definition) is 1. The maximum Gasteiger partial charge on any atom is 0.265 e. The number of benzene rings is 2. The van der Waals surface area contributed by atoms with Crippen molar-refractivity contribution in [3.05, 3.63) is 53.1 Å². The standard InChI is InChI=1S/C26H33N3O5/c1-18-12-19(2)14-21(13-18)33-16-23(30)20-7-8-24-22(15-20)29(26(32)17-34-24)10-5-6-25(31)27-9-11-28(3)4/h7-8,12-15H,5-6,9-11,16-17H2,1-4H3,(H,27,31). The fraction of sp³-hybridized carbons (Fsp3) is 0.423. The molecule has 3 rings (SSSR count). The molecule has 0 aromatic heterocycles. The zero-order valence-corrected chi connectivity index (χ0v) is 20.3. The van der Waals surface area contributed by atoms with Gasteiger partial charge in [-0.15, -0.1) is 0 Å². The molecule has 8 nitrogen and oxygen atoms in total. The molecule has 2 amide bonds. The zero-order chi connectivity index (χ0) is 24.7. The van der Waals surface area contributed by atoms with Gasteiger partial charge in [-0.2, -0.15) is 0 Å². The number of carbonyl (C=O) groups is 3. The number of amides is 2. The number of aryl methyl sites for hydroxylation is 2. The number of likely N-dealkylation sites (N-methyl/N-ethyl adjacent to an activating group) is 1. The molecule has 0 saturated heterocycles. The predicted octanol–water partition coefficient (Wildman–Crippen LogP) is 2.75. The van der Waals surface area contributed by atoms with Crippen LogP contribution in [0.4, 0.5) is 5.69 Å². The van der Waals surface area contributed by atoms with Crippen molar-refractivity contribution < 1.29 is 23.9 Å². The third-order valence-corrected chi connectivity index (χ3v) is 5.46. The summed E-state index contributed by atoms with van der Waals surface area (Å²) in [7, 11) is 3.89. The summed E-state index contributed by atoms with van der Waals surface area (Å²) < 4.78 is 11.2. The largest absolute Gasteiger partial charge is 0.485 e. The molecule has 0 radical (unpaired) electrons. The molecule has 8 heteroatoms. The van der Waals surface area contributed by atoms with Crippen LogP contribution in [-0.2, 0) is 9.59 Å². The molecule has 0 atom stereocenters. The highest BCUT2D eigenvalue weighted by atomic mass is 16.5. The van der Waals surface area contributed by atoms with Gasteiger partial charge in [0.15, 0.2) is 19.0 Å². The lowest BCUT2D eigenvalue weighted by Gasteiger charge is -2.29. The second kappa shape index (κ2) is 11.7. The topological polar surface area (TPSA) is 88.2 Å². The third-order valence-electron chi connectivity index (χ3n) is 5.46.